The van der Waals surface area contributed by atoms with Gasteiger partial charge < -0.3 is 10.1 Å². The minimum absolute atomic E-state index is 0.119. The first kappa shape index (κ1) is 21.7. The van der Waals surface area contributed by atoms with Gasteiger partial charge in [-0.25, -0.2) is 18.4 Å². The number of carbonyl (C=O) groups excluding carboxylic acids is 1. The lowest BCUT2D eigenvalue weighted by Gasteiger charge is -2.31. The molecule has 1 aliphatic rings. The summed E-state index contributed by atoms with van der Waals surface area (Å²) < 4.78 is 34.3. The Bertz CT molecular complexity index is 982. The van der Waals surface area contributed by atoms with Crippen molar-refractivity contribution in [3.8, 4) is 6.01 Å². The van der Waals surface area contributed by atoms with E-state index in [1.807, 2.05) is 0 Å². The van der Waals surface area contributed by atoms with Crippen LogP contribution in [0.15, 0.2) is 40.0 Å². The first-order valence-electron chi connectivity index (χ1n) is 9.34. The number of anilines is 1. The van der Waals surface area contributed by atoms with E-state index in [1.54, 1.807) is 38.4 Å². The van der Waals surface area contributed by atoms with Gasteiger partial charge in [-0.3, -0.25) is 4.79 Å². The lowest BCUT2D eigenvalue weighted by Crippen LogP contribution is -2.44. The number of sulfonamides is 1. The van der Waals surface area contributed by atoms with Crippen LogP contribution in [0.5, 0.6) is 6.01 Å². The van der Waals surface area contributed by atoms with Crippen LogP contribution in [0.1, 0.15) is 31.7 Å². The number of amides is 1. The fourth-order valence-electron chi connectivity index (χ4n) is 3.13. The topological polar surface area (TPSA) is 101 Å². The van der Waals surface area contributed by atoms with Gasteiger partial charge in [-0.1, -0.05) is 6.92 Å². The molecule has 1 N–H and O–H groups in total. The summed E-state index contributed by atoms with van der Waals surface area (Å²) in [6.45, 7) is 4.14. The van der Waals surface area contributed by atoms with Crippen LogP contribution in [0.4, 0.5) is 5.69 Å². The summed E-state index contributed by atoms with van der Waals surface area (Å²) in [5, 5.41) is 2.74. The number of benzene rings is 1. The van der Waals surface area contributed by atoms with E-state index in [0.717, 1.165) is 10.9 Å². The number of piperidine rings is 1. The highest BCUT2D eigenvalue weighted by Crippen LogP contribution is 2.26. The Morgan fingerprint density at radius 2 is 2.07 bits per heavy atom. The number of hydrogen-bond acceptors (Lipinski definition) is 6. The number of ether oxygens (including phenoxy) is 1. The SMILES string of the molecule is CCC(=O)Nc1ccc(S(=O)(=O)N2CCCC(Oc3ncc(Br)cn3)C2)c(C)c1. The number of hydrogen-bond donors (Lipinski definition) is 1. The number of carbonyl (C=O) groups is 1. The summed E-state index contributed by atoms with van der Waals surface area (Å²) in [6.07, 6.45) is 4.62. The molecule has 1 unspecified atom stereocenters. The predicted molar refractivity (Wildman–Crippen MR) is 112 cm³/mol. The molecule has 1 fully saturated rings. The third-order valence-electron chi connectivity index (χ3n) is 4.61. The molecule has 2 aromatic rings. The fourth-order valence-corrected chi connectivity index (χ4v) is 5.06. The second-order valence-electron chi connectivity index (χ2n) is 6.81. The van der Waals surface area contributed by atoms with Crippen LogP contribution in [0.3, 0.4) is 0 Å². The average molecular weight is 483 g/mol. The van der Waals surface area contributed by atoms with Gasteiger partial charge in [0.25, 0.3) is 0 Å². The van der Waals surface area contributed by atoms with Crippen molar-refractivity contribution in [1.82, 2.24) is 14.3 Å². The standard InChI is InChI=1S/C19H23BrN4O4S/c1-3-18(25)23-15-6-7-17(13(2)9-15)29(26,27)24-8-4-5-16(12-24)28-19-21-10-14(20)11-22-19/h6-7,9-11,16H,3-5,8,12H2,1-2H3,(H,23,25). The molecule has 3 rings (SSSR count). The zero-order valence-electron chi connectivity index (χ0n) is 16.3. The highest BCUT2D eigenvalue weighted by Gasteiger charge is 2.32. The van der Waals surface area contributed by atoms with Crippen molar-refractivity contribution in [1.29, 1.82) is 0 Å². The van der Waals surface area contributed by atoms with Crippen molar-refractivity contribution in [2.45, 2.75) is 44.1 Å². The van der Waals surface area contributed by atoms with E-state index in [0.29, 0.717) is 30.6 Å². The maximum absolute atomic E-state index is 13.2. The van der Waals surface area contributed by atoms with E-state index in [4.69, 9.17) is 4.74 Å². The molecule has 0 saturated carbocycles. The molecule has 0 bridgehead atoms. The molecule has 1 saturated heterocycles. The summed E-state index contributed by atoms with van der Waals surface area (Å²) >= 11 is 3.27. The molecule has 29 heavy (non-hydrogen) atoms. The maximum atomic E-state index is 13.2. The second kappa shape index (κ2) is 9.19. The molecule has 1 aliphatic heterocycles. The summed E-state index contributed by atoms with van der Waals surface area (Å²) in [6, 6.07) is 5.05. The van der Waals surface area contributed by atoms with Crippen molar-refractivity contribution in [3.05, 3.63) is 40.6 Å². The monoisotopic (exact) mass is 482 g/mol. The van der Waals surface area contributed by atoms with Gasteiger partial charge in [0, 0.05) is 31.0 Å². The Hall–Kier alpha value is -2.04. The highest BCUT2D eigenvalue weighted by molar-refractivity contribution is 9.10. The Kier molecular flexibility index (Phi) is 6.86. The quantitative estimate of drug-likeness (QED) is 0.678. The van der Waals surface area contributed by atoms with Crippen LogP contribution in [-0.4, -0.2) is 47.8 Å². The van der Waals surface area contributed by atoms with Crippen LogP contribution in [-0.2, 0) is 14.8 Å². The molecule has 10 heteroatoms. The predicted octanol–water partition coefficient (Wildman–Crippen LogP) is 3.13. The van der Waals surface area contributed by atoms with Gasteiger partial charge in [0.2, 0.25) is 15.9 Å². The zero-order chi connectivity index (χ0) is 21.0. The zero-order valence-corrected chi connectivity index (χ0v) is 18.7. The third-order valence-corrected chi connectivity index (χ3v) is 7.04. The van der Waals surface area contributed by atoms with Gasteiger partial charge in [-0.15, -0.1) is 0 Å². The molecule has 1 amide bonds. The van der Waals surface area contributed by atoms with Crippen LogP contribution >= 0.6 is 15.9 Å². The average Bonchev–Trinajstić information content (AvgIpc) is 2.70. The van der Waals surface area contributed by atoms with Crippen LogP contribution in [0.2, 0.25) is 0 Å². The normalized spacial score (nSPS) is 17.7. The molecule has 0 spiro atoms. The molecule has 0 aliphatic carbocycles. The molecule has 8 nitrogen and oxygen atoms in total. The lowest BCUT2D eigenvalue weighted by atomic mass is 10.1. The number of aromatic nitrogens is 2. The van der Waals surface area contributed by atoms with Gasteiger partial charge in [0.1, 0.15) is 6.10 Å². The first-order valence-corrected chi connectivity index (χ1v) is 11.6. The minimum Gasteiger partial charge on any atom is -0.459 e. The fraction of sp³-hybridized carbons (Fsp3) is 0.421. The Morgan fingerprint density at radius 1 is 1.34 bits per heavy atom. The Labute approximate surface area is 178 Å². The molecule has 1 aromatic heterocycles. The molecular formula is C19H23BrN4O4S. The van der Waals surface area contributed by atoms with E-state index in [-0.39, 0.29) is 29.5 Å². The minimum atomic E-state index is -3.68. The van der Waals surface area contributed by atoms with Crippen molar-refractivity contribution >= 4 is 37.5 Å². The Morgan fingerprint density at radius 3 is 2.72 bits per heavy atom. The summed E-state index contributed by atoms with van der Waals surface area (Å²) in [7, 11) is -3.68. The van der Waals surface area contributed by atoms with Crippen LogP contribution in [0.25, 0.3) is 0 Å². The van der Waals surface area contributed by atoms with E-state index in [2.05, 4.69) is 31.2 Å². The van der Waals surface area contributed by atoms with Crippen molar-refractivity contribution in [2.75, 3.05) is 18.4 Å². The van der Waals surface area contributed by atoms with E-state index in [9.17, 15) is 13.2 Å². The van der Waals surface area contributed by atoms with Gasteiger partial charge in [0.15, 0.2) is 0 Å². The molecule has 1 aromatic carbocycles. The number of rotatable bonds is 6. The summed E-state index contributed by atoms with van der Waals surface area (Å²) in [5.41, 5.74) is 1.17. The van der Waals surface area contributed by atoms with Crippen molar-refractivity contribution in [3.63, 3.8) is 0 Å². The summed E-state index contributed by atoms with van der Waals surface area (Å²) in [4.78, 5) is 20.0. The smallest absolute Gasteiger partial charge is 0.316 e. The van der Waals surface area contributed by atoms with Gasteiger partial charge in [-0.2, -0.15) is 4.31 Å². The molecular weight excluding hydrogens is 460 g/mol. The second-order valence-corrected chi connectivity index (χ2v) is 9.63. The molecule has 2 heterocycles. The molecule has 1 atom stereocenters. The third kappa shape index (κ3) is 5.31. The first-order chi connectivity index (χ1) is 13.8. The number of halogens is 1. The van der Waals surface area contributed by atoms with Crippen molar-refractivity contribution in [2.24, 2.45) is 0 Å². The maximum Gasteiger partial charge on any atom is 0.316 e. The van der Waals surface area contributed by atoms with E-state index >= 15 is 0 Å². The van der Waals surface area contributed by atoms with Gasteiger partial charge in [0.05, 0.1) is 15.9 Å². The number of nitrogens with one attached hydrogen (secondary N) is 1. The summed E-state index contributed by atoms with van der Waals surface area (Å²) in [5.74, 6) is -0.119. The Balaban J connectivity index is 1.74. The highest BCUT2D eigenvalue weighted by atomic mass is 79.9. The molecule has 0 radical (unpaired) electrons. The van der Waals surface area contributed by atoms with Crippen molar-refractivity contribution < 1.29 is 17.9 Å². The van der Waals surface area contributed by atoms with Gasteiger partial charge in [-0.05, 0) is 59.5 Å². The number of aryl methyl sites for hydroxylation is 1. The molecule has 156 valence electrons. The number of nitrogens with zero attached hydrogens (tertiary/aromatic N) is 3. The lowest BCUT2D eigenvalue weighted by molar-refractivity contribution is -0.115. The van der Waals surface area contributed by atoms with Crippen LogP contribution in [0, 0.1) is 6.92 Å². The largest absolute Gasteiger partial charge is 0.459 e. The van der Waals surface area contributed by atoms with Crippen LogP contribution < -0.4 is 10.1 Å². The van der Waals surface area contributed by atoms with E-state index in [1.165, 1.54) is 10.4 Å². The van der Waals surface area contributed by atoms with E-state index < -0.39 is 10.0 Å². The van der Waals surface area contributed by atoms with Gasteiger partial charge >= 0.3 is 6.01 Å².